The second-order valence-electron chi connectivity index (χ2n) is 5.00. The van der Waals surface area contributed by atoms with E-state index in [1.54, 1.807) is 11.0 Å². The van der Waals surface area contributed by atoms with Crippen molar-refractivity contribution in [1.29, 1.82) is 0 Å². The van der Waals surface area contributed by atoms with Gasteiger partial charge >= 0.3 is 0 Å². The lowest BCUT2D eigenvalue weighted by Crippen LogP contribution is -2.38. The van der Waals surface area contributed by atoms with Crippen LogP contribution in [-0.2, 0) is 0 Å². The summed E-state index contributed by atoms with van der Waals surface area (Å²) in [7, 11) is 0. The molecular weight excluding hydrogens is 276 g/mol. The molecule has 1 amide bonds. The molecule has 5 heteroatoms. The summed E-state index contributed by atoms with van der Waals surface area (Å²) in [6, 6.07) is 9.24. The van der Waals surface area contributed by atoms with Crippen molar-refractivity contribution in [3.8, 4) is 0 Å². The number of likely N-dealkylation sites (tertiary alicyclic amines) is 1. The molecule has 0 saturated carbocycles. The first kappa shape index (κ1) is 13.3. The van der Waals surface area contributed by atoms with E-state index >= 15 is 0 Å². The molecule has 1 aromatic carbocycles. The van der Waals surface area contributed by atoms with Crippen molar-refractivity contribution in [2.75, 3.05) is 13.2 Å². The number of aromatic nitrogens is 1. The first-order chi connectivity index (χ1) is 9.70. The number of rotatable bonds is 2. The minimum atomic E-state index is -0.158. The molecule has 0 spiro atoms. The Bertz CT molecular complexity index is 659. The number of benzene rings is 1. The maximum absolute atomic E-state index is 12.5. The van der Waals surface area contributed by atoms with E-state index in [9.17, 15) is 9.90 Å². The standard InChI is InChI=1S/C15H15ClN2O2/c16-14-12-6-2-1-4-10(12)8-13(17-14)15(20)18-7-3-5-11(18)9-19/h1-2,4,6,8,11,19H,3,5,7,9H2/t11-/m0/s1. The second kappa shape index (κ2) is 5.38. The van der Waals surface area contributed by atoms with Crippen molar-refractivity contribution in [1.82, 2.24) is 9.88 Å². The molecule has 0 bridgehead atoms. The van der Waals surface area contributed by atoms with Crippen LogP contribution in [0.4, 0.5) is 0 Å². The third-order valence-electron chi connectivity index (χ3n) is 3.76. The Morgan fingerprint density at radius 2 is 2.25 bits per heavy atom. The van der Waals surface area contributed by atoms with Gasteiger partial charge in [-0.1, -0.05) is 35.9 Å². The summed E-state index contributed by atoms with van der Waals surface area (Å²) in [6.45, 7) is 0.656. The van der Waals surface area contributed by atoms with Crippen LogP contribution in [-0.4, -0.2) is 40.1 Å². The highest BCUT2D eigenvalue weighted by molar-refractivity contribution is 6.34. The quantitative estimate of drug-likeness (QED) is 0.865. The summed E-state index contributed by atoms with van der Waals surface area (Å²) < 4.78 is 0. The zero-order chi connectivity index (χ0) is 14.1. The van der Waals surface area contributed by atoms with Crippen LogP contribution in [0.1, 0.15) is 23.3 Å². The van der Waals surface area contributed by atoms with Crippen molar-refractivity contribution >= 4 is 28.3 Å². The molecule has 0 unspecified atom stereocenters. The number of hydrogen-bond donors (Lipinski definition) is 1. The monoisotopic (exact) mass is 290 g/mol. The number of halogens is 1. The summed E-state index contributed by atoms with van der Waals surface area (Å²) in [5.74, 6) is -0.158. The highest BCUT2D eigenvalue weighted by Crippen LogP contribution is 2.25. The number of amides is 1. The fraction of sp³-hybridized carbons (Fsp3) is 0.333. The predicted octanol–water partition coefficient (Wildman–Crippen LogP) is 2.49. The SMILES string of the molecule is O=C(c1cc2ccccc2c(Cl)n1)N1CCC[C@H]1CO. The lowest BCUT2D eigenvalue weighted by atomic mass is 10.1. The summed E-state index contributed by atoms with van der Waals surface area (Å²) in [6.07, 6.45) is 1.75. The van der Waals surface area contributed by atoms with E-state index in [0.29, 0.717) is 17.4 Å². The Morgan fingerprint density at radius 1 is 1.45 bits per heavy atom. The van der Waals surface area contributed by atoms with Crippen molar-refractivity contribution in [3.05, 3.63) is 41.2 Å². The van der Waals surface area contributed by atoms with E-state index in [1.165, 1.54) is 0 Å². The summed E-state index contributed by atoms with van der Waals surface area (Å²) >= 11 is 6.15. The molecule has 1 saturated heterocycles. The maximum Gasteiger partial charge on any atom is 0.272 e. The number of nitrogens with zero attached hydrogens (tertiary/aromatic N) is 2. The van der Waals surface area contributed by atoms with E-state index in [4.69, 9.17) is 11.6 Å². The number of hydrogen-bond acceptors (Lipinski definition) is 3. The van der Waals surface area contributed by atoms with E-state index in [-0.39, 0.29) is 18.6 Å². The summed E-state index contributed by atoms with van der Waals surface area (Å²) in [5.41, 5.74) is 0.342. The van der Waals surface area contributed by atoms with Crippen LogP contribution >= 0.6 is 11.6 Å². The van der Waals surface area contributed by atoms with Gasteiger partial charge in [0.25, 0.3) is 5.91 Å². The largest absolute Gasteiger partial charge is 0.394 e. The topological polar surface area (TPSA) is 53.4 Å². The average Bonchev–Trinajstić information content (AvgIpc) is 2.95. The van der Waals surface area contributed by atoms with Crippen LogP contribution in [0.2, 0.25) is 5.15 Å². The molecule has 1 N–H and O–H groups in total. The normalized spacial score (nSPS) is 18.7. The summed E-state index contributed by atoms with van der Waals surface area (Å²) in [5, 5.41) is 11.4. The van der Waals surface area contributed by atoms with Gasteiger partial charge in [-0.15, -0.1) is 0 Å². The number of aliphatic hydroxyl groups excluding tert-OH is 1. The summed E-state index contributed by atoms with van der Waals surface area (Å²) in [4.78, 5) is 18.4. The minimum absolute atomic E-state index is 0.00689. The molecule has 104 valence electrons. The molecule has 2 heterocycles. The highest BCUT2D eigenvalue weighted by atomic mass is 35.5. The van der Waals surface area contributed by atoms with Gasteiger partial charge in [0.2, 0.25) is 0 Å². The first-order valence-electron chi connectivity index (χ1n) is 6.68. The van der Waals surface area contributed by atoms with Crippen LogP contribution in [0.25, 0.3) is 10.8 Å². The smallest absolute Gasteiger partial charge is 0.272 e. The molecule has 3 rings (SSSR count). The Labute approximate surface area is 122 Å². The third-order valence-corrected chi connectivity index (χ3v) is 4.05. The second-order valence-corrected chi connectivity index (χ2v) is 5.35. The van der Waals surface area contributed by atoms with Crippen LogP contribution in [0.15, 0.2) is 30.3 Å². The Hall–Kier alpha value is -1.65. The van der Waals surface area contributed by atoms with Crippen molar-refractivity contribution < 1.29 is 9.90 Å². The molecule has 4 nitrogen and oxygen atoms in total. The minimum Gasteiger partial charge on any atom is -0.394 e. The fourth-order valence-corrected chi connectivity index (χ4v) is 2.97. The maximum atomic E-state index is 12.5. The lowest BCUT2D eigenvalue weighted by Gasteiger charge is -2.22. The molecule has 0 radical (unpaired) electrons. The number of pyridine rings is 1. The van der Waals surface area contributed by atoms with E-state index < -0.39 is 0 Å². The number of carbonyl (C=O) groups excluding carboxylic acids is 1. The molecule has 1 aliphatic rings. The van der Waals surface area contributed by atoms with Crippen LogP contribution in [0, 0.1) is 0 Å². The third kappa shape index (κ3) is 2.25. The van der Waals surface area contributed by atoms with E-state index in [0.717, 1.165) is 23.6 Å². The molecule has 1 fully saturated rings. The van der Waals surface area contributed by atoms with Gasteiger partial charge in [-0.2, -0.15) is 0 Å². The number of carbonyl (C=O) groups is 1. The van der Waals surface area contributed by atoms with Crippen molar-refractivity contribution in [2.24, 2.45) is 0 Å². The molecule has 1 atom stereocenters. The first-order valence-corrected chi connectivity index (χ1v) is 7.05. The van der Waals surface area contributed by atoms with Gasteiger partial charge in [0.15, 0.2) is 0 Å². The van der Waals surface area contributed by atoms with E-state index in [2.05, 4.69) is 4.98 Å². The average molecular weight is 291 g/mol. The van der Waals surface area contributed by atoms with Gasteiger partial charge < -0.3 is 10.0 Å². The zero-order valence-electron chi connectivity index (χ0n) is 10.9. The number of fused-ring (bicyclic) bond motifs is 1. The molecular formula is C15H15ClN2O2. The van der Waals surface area contributed by atoms with Crippen LogP contribution in [0.5, 0.6) is 0 Å². The van der Waals surface area contributed by atoms with Crippen molar-refractivity contribution in [2.45, 2.75) is 18.9 Å². The van der Waals surface area contributed by atoms with Crippen LogP contribution in [0.3, 0.4) is 0 Å². The Morgan fingerprint density at radius 3 is 3.05 bits per heavy atom. The molecule has 1 aliphatic heterocycles. The zero-order valence-corrected chi connectivity index (χ0v) is 11.7. The van der Waals surface area contributed by atoms with Gasteiger partial charge in [-0.05, 0) is 24.3 Å². The molecule has 2 aromatic rings. The van der Waals surface area contributed by atoms with E-state index in [1.807, 2.05) is 24.3 Å². The number of aliphatic hydroxyl groups is 1. The lowest BCUT2D eigenvalue weighted by molar-refractivity contribution is 0.0672. The molecule has 20 heavy (non-hydrogen) atoms. The molecule has 0 aliphatic carbocycles. The van der Waals surface area contributed by atoms with Gasteiger partial charge in [-0.3, -0.25) is 4.79 Å². The fourth-order valence-electron chi connectivity index (χ4n) is 2.71. The van der Waals surface area contributed by atoms with Gasteiger partial charge in [0.05, 0.1) is 12.6 Å². The highest BCUT2D eigenvalue weighted by Gasteiger charge is 2.29. The van der Waals surface area contributed by atoms with Crippen LogP contribution < -0.4 is 0 Å². The Balaban J connectivity index is 1.99. The molecule has 1 aromatic heterocycles. The van der Waals surface area contributed by atoms with Crippen molar-refractivity contribution in [3.63, 3.8) is 0 Å². The Kier molecular flexibility index (Phi) is 3.59. The van der Waals surface area contributed by atoms with Gasteiger partial charge in [0, 0.05) is 11.9 Å². The van der Waals surface area contributed by atoms with Gasteiger partial charge in [-0.25, -0.2) is 4.98 Å². The predicted molar refractivity (Wildman–Crippen MR) is 77.9 cm³/mol. The van der Waals surface area contributed by atoms with Gasteiger partial charge in [0.1, 0.15) is 10.8 Å².